The van der Waals surface area contributed by atoms with Gasteiger partial charge < -0.3 is 10.0 Å². The summed E-state index contributed by atoms with van der Waals surface area (Å²) in [7, 11) is 1.31. The maximum atomic E-state index is 11.6. The van der Waals surface area contributed by atoms with E-state index in [0.717, 1.165) is 9.47 Å². The molecular formula is C9H10BrN3O5. The lowest BCUT2D eigenvalue weighted by atomic mass is 10.4. The SMILES string of the molecule is CN(CC(=O)O)C(=O)Cn1cc(Br)c(=O)[nH]c1=O. The van der Waals surface area contributed by atoms with Crippen molar-refractivity contribution in [1.82, 2.24) is 14.5 Å². The van der Waals surface area contributed by atoms with Crippen LogP contribution in [0.3, 0.4) is 0 Å². The van der Waals surface area contributed by atoms with Crippen LogP contribution in [0.25, 0.3) is 0 Å². The van der Waals surface area contributed by atoms with Crippen molar-refractivity contribution in [3.05, 3.63) is 31.5 Å². The number of likely N-dealkylation sites (N-methyl/N-ethyl adjacent to an activating group) is 1. The van der Waals surface area contributed by atoms with Gasteiger partial charge in [0.1, 0.15) is 13.1 Å². The predicted octanol–water partition coefficient (Wildman–Crippen LogP) is -1.16. The summed E-state index contributed by atoms with van der Waals surface area (Å²) in [6.45, 7) is -0.809. The third-order valence-corrected chi connectivity index (χ3v) is 2.64. The number of rotatable bonds is 4. The Kier molecular flexibility index (Phi) is 4.43. The van der Waals surface area contributed by atoms with Gasteiger partial charge in [0, 0.05) is 13.2 Å². The fraction of sp³-hybridized carbons (Fsp3) is 0.333. The normalized spacial score (nSPS) is 10.1. The van der Waals surface area contributed by atoms with Gasteiger partial charge in [0.2, 0.25) is 5.91 Å². The highest BCUT2D eigenvalue weighted by Gasteiger charge is 2.13. The van der Waals surface area contributed by atoms with Crippen molar-refractivity contribution in [3.8, 4) is 0 Å². The van der Waals surface area contributed by atoms with Gasteiger partial charge in [0.05, 0.1) is 4.47 Å². The second-order valence-electron chi connectivity index (χ2n) is 3.51. The van der Waals surface area contributed by atoms with Crippen molar-refractivity contribution in [3.63, 3.8) is 0 Å². The van der Waals surface area contributed by atoms with Gasteiger partial charge in [-0.3, -0.25) is 23.9 Å². The van der Waals surface area contributed by atoms with E-state index in [0.29, 0.717) is 0 Å². The van der Waals surface area contributed by atoms with E-state index in [-0.39, 0.29) is 11.0 Å². The highest BCUT2D eigenvalue weighted by Crippen LogP contribution is 1.98. The van der Waals surface area contributed by atoms with Crippen LogP contribution in [-0.4, -0.2) is 45.0 Å². The summed E-state index contributed by atoms with van der Waals surface area (Å²) in [5, 5.41) is 8.52. The van der Waals surface area contributed by atoms with Crippen molar-refractivity contribution in [2.24, 2.45) is 0 Å². The number of aliphatic carboxylic acids is 1. The molecule has 1 amide bonds. The molecule has 1 aromatic heterocycles. The minimum Gasteiger partial charge on any atom is -0.480 e. The first-order chi connectivity index (χ1) is 8.31. The summed E-state index contributed by atoms with van der Waals surface area (Å²) in [6, 6.07) is 0. The monoisotopic (exact) mass is 319 g/mol. The second-order valence-corrected chi connectivity index (χ2v) is 4.36. The number of carboxylic acids is 1. The number of hydrogen-bond donors (Lipinski definition) is 2. The molecule has 9 heteroatoms. The number of carbonyl (C=O) groups excluding carboxylic acids is 1. The number of amides is 1. The molecule has 18 heavy (non-hydrogen) atoms. The van der Waals surface area contributed by atoms with Gasteiger partial charge >= 0.3 is 11.7 Å². The summed E-state index contributed by atoms with van der Waals surface area (Å²) in [6.07, 6.45) is 1.17. The van der Waals surface area contributed by atoms with Crippen LogP contribution >= 0.6 is 15.9 Å². The van der Waals surface area contributed by atoms with Gasteiger partial charge in [0.15, 0.2) is 0 Å². The van der Waals surface area contributed by atoms with Crippen LogP contribution in [0.4, 0.5) is 0 Å². The first-order valence-electron chi connectivity index (χ1n) is 4.76. The Labute approximate surface area is 109 Å². The first-order valence-corrected chi connectivity index (χ1v) is 5.55. The minimum atomic E-state index is -1.15. The van der Waals surface area contributed by atoms with Crippen molar-refractivity contribution in [2.45, 2.75) is 6.54 Å². The molecule has 0 radical (unpaired) electrons. The molecule has 0 bridgehead atoms. The quantitative estimate of drug-likeness (QED) is 0.727. The topological polar surface area (TPSA) is 112 Å². The first kappa shape index (κ1) is 14.2. The second kappa shape index (κ2) is 5.63. The molecule has 1 heterocycles. The zero-order valence-corrected chi connectivity index (χ0v) is 10.9. The average molecular weight is 320 g/mol. The summed E-state index contributed by atoms with van der Waals surface area (Å²) < 4.78 is 1.09. The van der Waals surface area contributed by atoms with Crippen molar-refractivity contribution in [2.75, 3.05) is 13.6 Å². The van der Waals surface area contributed by atoms with E-state index >= 15 is 0 Å². The van der Waals surface area contributed by atoms with E-state index in [2.05, 4.69) is 15.9 Å². The highest BCUT2D eigenvalue weighted by molar-refractivity contribution is 9.10. The molecule has 1 rings (SSSR count). The number of carboxylic acid groups (broad SMARTS) is 1. The van der Waals surface area contributed by atoms with Crippen LogP contribution in [0.1, 0.15) is 0 Å². The summed E-state index contributed by atoms with van der Waals surface area (Å²) >= 11 is 2.92. The summed E-state index contributed by atoms with van der Waals surface area (Å²) in [5.74, 6) is -1.71. The van der Waals surface area contributed by atoms with Gasteiger partial charge in [-0.05, 0) is 15.9 Å². The van der Waals surface area contributed by atoms with Crippen LogP contribution in [0.2, 0.25) is 0 Å². The zero-order valence-electron chi connectivity index (χ0n) is 9.34. The van der Waals surface area contributed by atoms with Gasteiger partial charge in [-0.2, -0.15) is 0 Å². The fourth-order valence-electron chi connectivity index (χ4n) is 1.16. The molecule has 2 N–H and O–H groups in total. The minimum absolute atomic E-state index is 0.107. The largest absolute Gasteiger partial charge is 0.480 e. The third kappa shape index (κ3) is 3.55. The average Bonchev–Trinajstić information content (AvgIpc) is 2.24. The lowest BCUT2D eigenvalue weighted by Gasteiger charge is -2.15. The molecule has 0 saturated carbocycles. The number of halogens is 1. The van der Waals surface area contributed by atoms with Crippen LogP contribution in [0.5, 0.6) is 0 Å². The number of hydrogen-bond acceptors (Lipinski definition) is 4. The number of nitrogens with one attached hydrogen (secondary N) is 1. The fourth-order valence-corrected chi connectivity index (χ4v) is 1.50. The van der Waals surface area contributed by atoms with Crippen LogP contribution < -0.4 is 11.2 Å². The highest BCUT2D eigenvalue weighted by atomic mass is 79.9. The van der Waals surface area contributed by atoms with E-state index < -0.39 is 29.7 Å². The van der Waals surface area contributed by atoms with Crippen LogP contribution in [0, 0.1) is 0 Å². The molecule has 0 unspecified atom stereocenters. The zero-order chi connectivity index (χ0) is 13.9. The van der Waals surface area contributed by atoms with E-state index in [1.54, 1.807) is 0 Å². The molecule has 1 aromatic rings. The van der Waals surface area contributed by atoms with Gasteiger partial charge in [-0.25, -0.2) is 4.79 Å². The molecule has 0 spiro atoms. The molecule has 0 aromatic carbocycles. The lowest BCUT2D eigenvalue weighted by Crippen LogP contribution is -2.38. The lowest BCUT2D eigenvalue weighted by molar-refractivity contribution is -0.143. The Balaban J connectivity index is 2.89. The van der Waals surface area contributed by atoms with Crippen molar-refractivity contribution in [1.29, 1.82) is 0 Å². The maximum absolute atomic E-state index is 11.6. The molecule has 0 atom stereocenters. The van der Waals surface area contributed by atoms with Gasteiger partial charge in [-0.15, -0.1) is 0 Å². The summed E-state index contributed by atoms with van der Waals surface area (Å²) in [4.78, 5) is 47.4. The Morgan fingerprint density at radius 3 is 2.67 bits per heavy atom. The van der Waals surface area contributed by atoms with Gasteiger partial charge in [0.25, 0.3) is 5.56 Å². The van der Waals surface area contributed by atoms with E-state index in [4.69, 9.17) is 5.11 Å². The van der Waals surface area contributed by atoms with E-state index in [1.165, 1.54) is 13.2 Å². The van der Waals surface area contributed by atoms with Crippen LogP contribution in [0.15, 0.2) is 20.3 Å². The van der Waals surface area contributed by atoms with Crippen molar-refractivity contribution >= 4 is 27.8 Å². The smallest absolute Gasteiger partial charge is 0.328 e. The Bertz CT molecular complexity index is 591. The molecule has 0 aliphatic rings. The Morgan fingerprint density at radius 1 is 1.50 bits per heavy atom. The predicted molar refractivity (Wildman–Crippen MR) is 64.3 cm³/mol. The van der Waals surface area contributed by atoms with Crippen LogP contribution in [-0.2, 0) is 16.1 Å². The third-order valence-electron chi connectivity index (χ3n) is 2.07. The molecule has 0 aliphatic carbocycles. The van der Waals surface area contributed by atoms with E-state index in [9.17, 15) is 19.2 Å². The standard InChI is InChI=1S/C9H10BrN3O5/c1-12(4-7(15)16)6(14)3-13-2-5(10)8(17)11-9(13)18/h2H,3-4H2,1H3,(H,15,16)(H,11,17,18). The number of carbonyl (C=O) groups is 2. The molecular weight excluding hydrogens is 310 g/mol. The number of nitrogens with zero attached hydrogens (tertiary/aromatic N) is 2. The number of aromatic amines is 1. The number of H-pyrrole nitrogens is 1. The molecule has 0 saturated heterocycles. The molecule has 0 fully saturated rings. The summed E-state index contributed by atoms with van der Waals surface area (Å²) in [5.41, 5.74) is -1.33. The molecule has 98 valence electrons. The van der Waals surface area contributed by atoms with Gasteiger partial charge in [-0.1, -0.05) is 0 Å². The molecule has 8 nitrogen and oxygen atoms in total. The Hall–Kier alpha value is -1.90. The Morgan fingerprint density at radius 2 is 2.11 bits per heavy atom. The maximum Gasteiger partial charge on any atom is 0.328 e. The van der Waals surface area contributed by atoms with E-state index in [1.807, 2.05) is 4.98 Å². The van der Waals surface area contributed by atoms with Crippen molar-refractivity contribution < 1.29 is 14.7 Å². The molecule has 0 aliphatic heterocycles. The number of aromatic nitrogens is 2.